The van der Waals surface area contributed by atoms with E-state index in [1.165, 1.54) is 18.2 Å². The second kappa shape index (κ2) is 7.50. The third-order valence-corrected chi connectivity index (χ3v) is 7.24. The standard InChI is InChI=1S/C13H12Cl3N3O5S2/c14-13(15,16)12(20)18-10-6-25(21,22)7-11(10)19-26(23,24)9-3-1-2-8(4-9)5-17/h1-4,10-11,19H,6-7H2,(H,18,20)/t10-,11+/m0/s1. The number of hydrogen-bond acceptors (Lipinski definition) is 6. The van der Waals surface area contributed by atoms with E-state index in [4.69, 9.17) is 40.1 Å². The molecule has 142 valence electrons. The highest BCUT2D eigenvalue weighted by Gasteiger charge is 2.43. The summed E-state index contributed by atoms with van der Waals surface area (Å²) >= 11 is 16.3. The van der Waals surface area contributed by atoms with Crippen LogP contribution < -0.4 is 10.0 Å². The zero-order valence-corrected chi connectivity index (χ0v) is 16.7. The topological polar surface area (TPSA) is 133 Å². The molecule has 2 rings (SSSR count). The number of carbonyl (C=O) groups is 1. The molecule has 0 spiro atoms. The molecule has 2 N–H and O–H groups in total. The largest absolute Gasteiger partial charge is 0.347 e. The first-order valence-electron chi connectivity index (χ1n) is 6.95. The van der Waals surface area contributed by atoms with Gasteiger partial charge in [0.2, 0.25) is 10.0 Å². The minimum atomic E-state index is -4.15. The fourth-order valence-corrected chi connectivity index (χ4v) is 5.81. The Morgan fingerprint density at radius 2 is 1.85 bits per heavy atom. The maximum atomic E-state index is 12.5. The highest BCUT2D eigenvalue weighted by molar-refractivity contribution is 7.92. The van der Waals surface area contributed by atoms with Crippen LogP contribution in [-0.4, -0.2) is 50.1 Å². The van der Waals surface area contributed by atoms with Crippen molar-refractivity contribution in [3.63, 3.8) is 0 Å². The Bertz CT molecular complexity index is 967. The van der Waals surface area contributed by atoms with E-state index in [2.05, 4.69) is 10.0 Å². The number of alkyl halides is 3. The van der Waals surface area contributed by atoms with Crippen molar-refractivity contribution in [1.82, 2.24) is 10.0 Å². The molecule has 8 nitrogen and oxygen atoms in total. The highest BCUT2D eigenvalue weighted by Crippen LogP contribution is 2.27. The quantitative estimate of drug-likeness (QED) is 0.628. The fourth-order valence-electron chi connectivity index (χ4n) is 2.36. The Morgan fingerprint density at radius 3 is 2.42 bits per heavy atom. The van der Waals surface area contributed by atoms with Gasteiger partial charge in [-0.1, -0.05) is 40.9 Å². The summed E-state index contributed by atoms with van der Waals surface area (Å²) in [5.74, 6) is -2.11. The number of hydrogen-bond donors (Lipinski definition) is 2. The van der Waals surface area contributed by atoms with Gasteiger partial charge in [0.15, 0.2) is 9.84 Å². The number of carbonyl (C=O) groups excluding carboxylic acids is 1. The molecule has 2 atom stereocenters. The van der Waals surface area contributed by atoms with Crippen molar-refractivity contribution in [2.45, 2.75) is 20.8 Å². The zero-order chi connectivity index (χ0) is 19.8. The van der Waals surface area contributed by atoms with Crippen LogP contribution in [0.3, 0.4) is 0 Å². The van der Waals surface area contributed by atoms with Gasteiger partial charge in [0, 0.05) is 0 Å². The highest BCUT2D eigenvalue weighted by atomic mass is 35.6. The van der Waals surface area contributed by atoms with E-state index in [1.54, 1.807) is 0 Å². The number of sulfonamides is 1. The molecule has 0 unspecified atom stereocenters. The van der Waals surface area contributed by atoms with Crippen molar-refractivity contribution >= 4 is 60.6 Å². The van der Waals surface area contributed by atoms with Gasteiger partial charge < -0.3 is 5.32 Å². The van der Waals surface area contributed by atoms with Gasteiger partial charge in [-0.15, -0.1) is 0 Å². The first kappa shape index (κ1) is 21.2. The van der Waals surface area contributed by atoms with Crippen molar-refractivity contribution in [2.75, 3.05) is 11.5 Å². The van der Waals surface area contributed by atoms with Crippen molar-refractivity contribution in [1.29, 1.82) is 5.26 Å². The monoisotopic (exact) mass is 459 g/mol. The van der Waals surface area contributed by atoms with Gasteiger partial charge in [-0.05, 0) is 18.2 Å². The van der Waals surface area contributed by atoms with Crippen molar-refractivity contribution in [3.05, 3.63) is 29.8 Å². The summed E-state index contributed by atoms with van der Waals surface area (Å²) in [6, 6.07) is 4.72. The summed E-state index contributed by atoms with van der Waals surface area (Å²) in [7, 11) is -7.77. The van der Waals surface area contributed by atoms with Crippen molar-refractivity contribution < 1.29 is 21.6 Å². The fraction of sp³-hybridized carbons (Fsp3) is 0.385. The molecule has 0 saturated carbocycles. The normalized spacial score (nSPS) is 22.5. The van der Waals surface area contributed by atoms with Gasteiger partial charge in [-0.3, -0.25) is 4.79 Å². The van der Waals surface area contributed by atoms with Gasteiger partial charge in [0.25, 0.3) is 9.70 Å². The molecule has 13 heteroatoms. The van der Waals surface area contributed by atoms with E-state index < -0.39 is 53.1 Å². The van der Waals surface area contributed by atoms with E-state index in [0.29, 0.717) is 0 Å². The molecule has 0 aliphatic carbocycles. The first-order chi connectivity index (χ1) is 11.8. The van der Waals surface area contributed by atoms with Gasteiger partial charge in [-0.25, -0.2) is 21.6 Å². The summed E-state index contributed by atoms with van der Waals surface area (Å²) in [5.41, 5.74) is 0.118. The van der Waals surface area contributed by atoms with Crippen LogP contribution >= 0.6 is 34.8 Å². The van der Waals surface area contributed by atoms with Crippen LogP contribution in [0.2, 0.25) is 0 Å². The number of nitriles is 1. The summed E-state index contributed by atoms with van der Waals surface area (Å²) < 4.78 is 48.6. The Balaban J connectivity index is 2.27. The molecule has 1 fully saturated rings. The Morgan fingerprint density at radius 1 is 1.23 bits per heavy atom. The molecule has 1 saturated heterocycles. The van der Waals surface area contributed by atoms with Crippen molar-refractivity contribution in [2.24, 2.45) is 0 Å². The number of nitrogens with one attached hydrogen (secondary N) is 2. The average molecular weight is 461 g/mol. The number of sulfone groups is 1. The lowest BCUT2D eigenvalue weighted by molar-refractivity contribution is -0.120. The minimum Gasteiger partial charge on any atom is -0.347 e. The maximum Gasteiger partial charge on any atom is 0.272 e. The molecular weight excluding hydrogens is 449 g/mol. The number of nitrogens with zero attached hydrogens (tertiary/aromatic N) is 1. The van der Waals surface area contributed by atoms with E-state index >= 15 is 0 Å². The van der Waals surface area contributed by atoms with Crippen LogP contribution in [0.15, 0.2) is 29.2 Å². The molecule has 1 amide bonds. The van der Waals surface area contributed by atoms with Crippen LogP contribution in [0.25, 0.3) is 0 Å². The Kier molecular flexibility index (Phi) is 6.12. The molecule has 1 aliphatic heterocycles. The van der Waals surface area contributed by atoms with E-state index in [0.717, 1.165) is 6.07 Å². The summed E-state index contributed by atoms with van der Waals surface area (Å²) in [5, 5.41) is 11.1. The van der Waals surface area contributed by atoms with E-state index in [1.807, 2.05) is 6.07 Å². The molecule has 1 heterocycles. The Labute approximate surface area is 165 Å². The summed E-state index contributed by atoms with van der Waals surface area (Å²) in [4.78, 5) is 11.6. The molecular formula is C13H12Cl3N3O5S2. The molecule has 0 bridgehead atoms. The summed E-state index contributed by atoms with van der Waals surface area (Å²) in [6.07, 6.45) is 0. The molecule has 1 aromatic rings. The number of benzene rings is 1. The SMILES string of the molecule is N#Cc1cccc(S(=O)(=O)N[C@@H]2CS(=O)(=O)C[C@@H]2NC(=O)C(Cl)(Cl)Cl)c1. The zero-order valence-electron chi connectivity index (χ0n) is 12.8. The molecule has 0 radical (unpaired) electrons. The van der Waals surface area contributed by atoms with Crippen molar-refractivity contribution in [3.8, 4) is 6.07 Å². The van der Waals surface area contributed by atoms with Crippen LogP contribution in [-0.2, 0) is 24.7 Å². The molecule has 0 aromatic heterocycles. The Hall–Kier alpha value is -1.09. The lowest BCUT2D eigenvalue weighted by Crippen LogP contribution is -2.53. The van der Waals surface area contributed by atoms with Gasteiger partial charge in [0.05, 0.1) is 40.1 Å². The molecule has 1 aromatic carbocycles. The predicted octanol–water partition coefficient (Wildman–Crippen LogP) is 0.489. The van der Waals surface area contributed by atoms with E-state index in [9.17, 15) is 21.6 Å². The van der Waals surface area contributed by atoms with E-state index in [-0.39, 0.29) is 10.5 Å². The lowest BCUT2D eigenvalue weighted by atomic mass is 10.2. The lowest BCUT2D eigenvalue weighted by Gasteiger charge is -2.22. The van der Waals surface area contributed by atoms with Crippen LogP contribution in [0.4, 0.5) is 0 Å². The average Bonchev–Trinajstić information content (AvgIpc) is 2.79. The van der Waals surface area contributed by atoms with Crippen LogP contribution in [0, 0.1) is 11.3 Å². The first-order valence-corrected chi connectivity index (χ1v) is 11.4. The third-order valence-electron chi connectivity index (χ3n) is 3.51. The summed E-state index contributed by atoms with van der Waals surface area (Å²) in [6.45, 7) is 0. The minimum absolute atomic E-state index is 0.118. The second-order valence-electron chi connectivity index (χ2n) is 5.52. The number of rotatable bonds is 4. The van der Waals surface area contributed by atoms with Gasteiger partial charge in [0.1, 0.15) is 0 Å². The third kappa shape index (κ3) is 5.22. The molecule has 1 aliphatic rings. The van der Waals surface area contributed by atoms with Crippen LogP contribution in [0.1, 0.15) is 5.56 Å². The predicted molar refractivity (Wildman–Crippen MR) is 96.1 cm³/mol. The number of amides is 1. The maximum absolute atomic E-state index is 12.5. The smallest absolute Gasteiger partial charge is 0.272 e. The molecule has 26 heavy (non-hydrogen) atoms. The van der Waals surface area contributed by atoms with Gasteiger partial charge in [-0.2, -0.15) is 5.26 Å². The number of halogens is 3. The van der Waals surface area contributed by atoms with Crippen LogP contribution in [0.5, 0.6) is 0 Å². The second-order valence-corrected chi connectivity index (χ2v) is 11.7. The van der Waals surface area contributed by atoms with Gasteiger partial charge >= 0.3 is 0 Å².